The zero-order chi connectivity index (χ0) is 21.0. The van der Waals surface area contributed by atoms with Crippen LogP contribution in [-0.2, 0) is 32.2 Å². The Balaban J connectivity index is 2.19. The summed E-state index contributed by atoms with van der Waals surface area (Å²) < 4.78 is 17.9. The number of ether oxygens (including phenoxy) is 3. The molecule has 0 aliphatic rings. The van der Waals surface area contributed by atoms with Gasteiger partial charge in [0.15, 0.2) is 5.60 Å². The Hall–Kier alpha value is -2.17. The monoisotopic (exact) mass is 398 g/mol. The molecule has 4 heteroatoms. The lowest BCUT2D eigenvalue weighted by atomic mass is 9.93. The fraction of sp³-hybridized carbons (Fsp3) is 0.480. The van der Waals surface area contributed by atoms with E-state index in [4.69, 9.17) is 14.2 Å². The van der Waals surface area contributed by atoms with Crippen LogP contribution in [-0.4, -0.2) is 24.3 Å². The third-order valence-electron chi connectivity index (χ3n) is 5.04. The van der Waals surface area contributed by atoms with Crippen molar-refractivity contribution in [2.45, 2.75) is 71.4 Å². The molecule has 0 amide bonds. The predicted molar refractivity (Wildman–Crippen MR) is 115 cm³/mol. The molecule has 29 heavy (non-hydrogen) atoms. The topological polar surface area (TPSA) is 44.8 Å². The number of esters is 1. The van der Waals surface area contributed by atoms with Crippen LogP contribution in [0.3, 0.4) is 0 Å². The smallest absolute Gasteiger partial charge is 0.340 e. The van der Waals surface area contributed by atoms with Gasteiger partial charge in [0.1, 0.15) is 0 Å². The van der Waals surface area contributed by atoms with Crippen LogP contribution in [0.4, 0.5) is 0 Å². The summed E-state index contributed by atoms with van der Waals surface area (Å²) in [5.74, 6) is -0.370. The van der Waals surface area contributed by atoms with Gasteiger partial charge in [-0.25, -0.2) is 4.79 Å². The standard InChI is InChI=1S/C25H34O4/c1-4-6-9-18-23(28-19-21-14-10-7-11-15-21)25(3,24(26)27-5-2)29-20-22-16-12-8-13-17-22/h7-8,10-17,23H,4-6,9,18-20H2,1-3H3/t23-,25-/m1/s1. The first-order chi connectivity index (χ1) is 14.1. The fourth-order valence-electron chi connectivity index (χ4n) is 3.23. The Labute approximate surface area is 175 Å². The molecule has 0 saturated carbocycles. The van der Waals surface area contributed by atoms with E-state index in [1.165, 1.54) is 0 Å². The van der Waals surface area contributed by atoms with E-state index >= 15 is 0 Å². The number of benzene rings is 2. The molecule has 0 N–H and O–H groups in total. The molecule has 158 valence electrons. The van der Waals surface area contributed by atoms with E-state index in [-0.39, 0.29) is 5.97 Å². The van der Waals surface area contributed by atoms with E-state index in [0.29, 0.717) is 19.8 Å². The molecule has 2 atom stereocenters. The molecule has 0 spiro atoms. The lowest BCUT2D eigenvalue weighted by molar-refractivity contribution is -0.197. The van der Waals surface area contributed by atoms with E-state index in [1.807, 2.05) is 67.6 Å². The number of carbonyl (C=O) groups is 1. The molecule has 0 bridgehead atoms. The molecule has 0 saturated heterocycles. The average molecular weight is 399 g/mol. The highest BCUT2D eigenvalue weighted by atomic mass is 16.6. The Morgan fingerprint density at radius 2 is 1.48 bits per heavy atom. The second-order valence-electron chi connectivity index (χ2n) is 7.38. The number of hydrogen-bond donors (Lipinski definition) is 0. The molecule has 4 nitrogen and oxygen atoms in total. The Bertz CT molecular complexity index is 701. The van der Waals surface area contributed by atoms with Gasteiger partial charge in [0.05, 0.1) is 25.9 Å². The highest BCUT2D eigenvalue weighted by Crippen LogP contribution is 2.28. The number of rotatable bonds is 13. The fourth-order valence-corrected chi connectivity index (χ4v) is 3.23. The van der Waals surface area contributed by atoms with E-state index in [9.17, 15) is 4.79 Å². The van der Waals surface area contributed by atoms with Gasteiger partial charge < -0.3 is 14.2 Å². The van der Waals surface area contributed by atoms with Gasteiger partial charge in [0, 0.05) is 0 Å². The van der Waals surface area contributed by atoms with Crippen molar-refractivity contribution in [2.75, 3.05) is 6.61 Å². The molecule has 0 aromatic heterocycles. The summed E-state index contributed by atoms with van der Waals surface area (Å²) >= 11 is 0. The maximum absolute atomic E-state index is 12.9. The Morgan fingerprint density at radius 1 is 0.897 bits per heavy atom. The Kier molecular flexibility index (Phi) is 9.89. The van der Waals surface area contributed by atoms with Crippen molar-refractivity contribution < 1.29 is 19.0 Å². The zero-order valence-electron chi connectivity index (χ0n) is 17.9. The second-order valence-corrected chi connectivity index (χ2v) is 7.38. The van der Waals surface area contributed by atoms with Crippen LogP contribution in [0, 0.1) is 0 Å². The van der Waals surface area contributed by atoms with E-state index < -0.39 is 11.7 Å². The van der Waals surface area contributed by atoms with Gasteiger partial charge in [0.2, 0.25) is 0 Å². The zero-order valence-corrected chi connectivity index (χ0v) is 17.9. The summed E-state index contributed by atoms with van der Waals surface area (Å²) in [6, 6.07) is 19.9. The molecule has 0 aliphatic carbocycles. The number of hydrogen-bond acceptors (Lipinski definition) is 4. The van der Waals surface area contributed by atoms with Crippen molar-refractivity contribution in [1.29, 1.82) is 0 Å². The normalized spacial score (nSPS) is 14.2. The van der Waals surface area contributed by atoms with Gasteiger partial charge in [0.25, 0.3) is 0 Å². The first-order valence-electron chi connectivity index (χ1n) is 10.6. The Morgan fingerprint density at radius 3 is 2.03 bits per heavy atom. The molecular formula is C25H34O4. The molecule has 2 aromatic carbocycles. The highest BCUT2D eigenvalue weighted by molar-refractivity contribution is 5.80. The maximum atomic E-state index is 12.9. The molecule has 0 heterocycles. The summed E-state index contributed by atoms with van der Waals surface area (Å²) in [6.45, 7) is 6.85. The SMILES string of the molecule is CCCCC[C@@H](OCc1ccccc1)[C@@](C)(OCc1ccccc1)C(=O)OCC. The van der Waals surface area contributed by atoms with Crippen molar-refractivity contribution in [2.24, 2.45) is 0 Å². The minimum absolute atomic E-state index is 0.309. The van der Waals surface area contributed by atoms with Crippen LogP contribution in [0.1, 0.15) is 57.6 Å². The lowest BCUT2D eigenvalue weighted by Gasteiger charge is -2.35. The predicted octanol–water partition coefficient (Wildman–Crippen LogP) is 5.69. The van der Waals surface area contributed by atoms with Crippen LogP contribution in [0.25, 0.3) is 0 Å². The second kappa shape index (κ2) is 12.4. The van der Waals surface area contributed by atoms with Gasteiger partial charge in [-0.15, -0.1) is 0 Å². The van der Waals surface area contributed by atoms with Crippen molar-refractivity contribution in [3.05, 3.63) is 71.8 Å². The summed E-state index contributed by atoms with van der Waals surface area (Å²) in [7, 11) is 0. The lowest BCUT2D eigenvalue weighted by Crippen LogP contribution is -2.51. The molecule has 0 aliphatic heterocycles. The van der Waals surface area contributed by atoms with Gasteiger partial charge in [-0.2, -0.15) is 0 Å². The molecule has 0 radical (unpaired) electrons. The van der Waals surface area contributed by atoms with Crippen molar-refractivity contribution >= 4 is 5.97 Å². The minimum atomic E-state index is -1.17. The van der Waals surface area contributed by atoms with Crippen LogP contribution in [0.2, 0.25) is 0 Å². The van der Waals surface area contributed by atoms with Gasteiger partial charge in [-0.1, -0.05) is 86.8 Å². The van der Waals surface area contributed by atoms with E-state index in [0.717, 1.165) is 36.8 Å². The van der Waals surface area contributed by atoms with Gasteiger partial charge >= 0.3 is 5.97 Å². The number of carbonyl (C=O) groups excluding carboxylic acids is 1. The third-order valence-corrected chi connectivity index (χ3v) is 5.04. The summed E-state index contributed by atoms with van der Waals surface area (Å²) in [4.78, 5) is 12.9. The first-order valence-corrected chi connectivity index (χ1v) is 10.6. The average Bonchev–Trinajstić information content (AvgIpc) is 2.76. The molecule has 2 rings (SSSR count). The first kappa shape index (κ1) is 23.1. The molecule has 0 unspecified atom stereocenters. The van der Waals surface area contributed by atoms with Crippen molar-refractivity contribution in [1.82, 2.24) is 0 Å². The molecular weight excluding hydrogens is 364 g/mol. The largest absolute Gasteiger partial charge is 0.464 e. The molecule has 0 fully saturated rings. The van der Waals surface area contributed by atoms with Crippen LogP contribution in [0.15, 0.2) is 60.7 Å². The van der Waals surface area contributed by atoms with Gasteiger partial charge in [-0.3, -0.25) is 0 Å². The summed E-state index contributed by atoms with van der Waals surface area (Å²) in [6.07, 6.45) is 3.51. The van der Waals surface area contributed by atoms with E-state index in [1.54, 1.807) is 6.92 Å². The maximum Gasteiger partial charge on any atom is 0.340 e. The van der Waals surface area contributed by atoms with Crippen LogP contribution in [0.5, 0.6) is 0 Å². The summed E-state index contributed by atoms with van der Waals surface area (Å²) in [5.41, 5.74) is 0.912. The van der Waals surface area contributed by atoms with Gasteiger partial charge in [-0.05, 0) is 31.4 Å². The summed E-state index contributed by atoms with van der Waals surface area (Å²) in [5, 5.41) is 0. The third kappa shape index (κ3) is 7.30. The molecule has 2 aromatic rings. The van der Waals surface area contributed by atoms with Crippen molar-refractivity contribution in [3.63, 3.8) is 0 Å². The van der Waals surface area contributed by atoms with Crippen LogP contribution >= 0.6 is 0 Å². The quantitative estimate of drug-likeness (QED) is 0.321. The highest BCUT2D eigenvalue weighted by Gasteiger charge is 2.44. The van der Waals surface area contributed by atoms with E-state index in [2.05, 4.69) is 6.92 Å². The van der Waals surface area contributed by atoms with Crippen molar-refractivity contribution in [3.8, 4) is 0 Å². The minimum Gasteiger partial charge on any atom is -0.464 e. The number of unbranched alkanes of at least 4 members (excludes halogenated alkanes) is 2. The van der Waals surface area contributed by atoms with Crippen LogP contribution < -0.4 is 0 Å².